The topological polar surface area (TPSA) is 40.5 Å². The summed E-state index contributed by atoms with van der Waals surface area (Å²) in [5.74, 6) is 0.531. The van der Waals surface area contributed by atoms with Crippen LogP contribution in [0.2, 0.25) is 0 Å². The average Bonchev–Trinajstić information content (AvgIpc) is 2.17. The molecule has 3 atom stereocenters. The van der Waals surface area contributed by atoms with E-state index in [1.165, 1.54) is 0 Å². The van der Waals surface area contributed by atoms with Gasteiger partial charge < -0.3 is 10.2 Å². The second kappa shape index (κ2) is 6.41. The first-order valence-electron chi connectivity index (χ1n) is 5.87. The van der Waals surface area contributed by atoms with E-state index in [9.17, 15) is 10.2 Å². The van der Waals surface area contributed by atoms with Crippen molar-refractivity contribution in [2.45, 2.75) is 71.5 Å². The number of aliphatic hydroxyl groups excluding tert-OH is 1. The van der Waals surface area contributed by atoms with E-state index in [2.05, 4.69) is 13.8 Å². The van der Waals surface area contributed by atoms with Gasteiger partial charge in [-0.3, -0.25) is 0 Å². The third kappa shape index (κ3) is 4.97. The lowest BCUT2D eigenvalue weighted by Gasteiger charge is -2.31. The van der Waals surface area contributed by atoms with Gasteiger partial charge in [-0.25, -0.2) is 0 Å². The molecule has 0 aromatic rings. The molecular formula is C12H26O2. The molecule has 0 aliphatic heterocycles. The number of hydrogen-bond acceptors (Lipinski definition) is 2. The first-order chi connectivity index (χ1) is 6.47. The fourth-order valence-corrected chi connectivity index (χ4v) is 1.75. The van der Waals surface area contributed by atoms with Gasteiger partial charge in [-0.1, -0.05) is 34.1 Å². The van der Waals surface area contributed by atoms with Gasteiger partial charge in [0.15, 0.2) is 0 Å². The smallest absolute Gasteiger partial charge is 0.0672 e. The molecule has 0 amide bonds. The molecule has 0 aromatic heterocycles. The van der Waals surface area contributed by atoms with Crippen molar-refractivity contribution in [3.63, 3.8) is 0 Å². The Balaban J connectivity index is 4.16. The molecule has 0 fully saturated rings. The zero-order valence-corrected chi connectivity index (χ0v) is 10.1. The van der Waals surface area contributed by atoms with Crippen LogP contribution in [-0.2, 0) is 0 Å². The van der Waals surface area contributed by atoms with E-state index >= 15 is 0 Å². The van der Waals surface area contributed by atoms with Crippen molar-refractivity contribution >= 4 is 0 Å². The fourth-order valence-electron chi connectivity index (χ4n) is 1.75. The van der Waals surface area contributed by atoms with Crippen LogP contribution in [0.5, 0.6) is 0 Å². The van der Waals surface area contributed by atoms with Crippen LogP contribution in [-0.4, -0.2) is 21.9 Å². The summed E-state index contributed by atoms with van der Waals surface area (Å²) in [4.78, 5) is 0. The van der Waals surface area contributed by atoms with E-state index in [0.717, 1.165) is 25.7 Å². The van der Waals surface area contributed by atoms with Crippen molar-refractivity contribution in [1.29, 1.82) is 0 Å². The van der Waals surface area contributed by atoms with Crippen LogP contribution >= 0.6 is 0 Å². The van der Waals surface area contributed by atoms with Crippen molar-refractivity contribution in [3.05, 3.63) is 0 Å². The predicted molar refractivity (Wildman–Crippen MR) is 60.2 cm³/mol. The van der Waals surface area contributed by atoms with Gasteiger partial charge in [0.2, 0.25) is 0 Å². The molecule has 0 rings (SSSR count). The molecule has 3 unspecified atom stereocenters. The van der Waals surface area contributed by atoms with Gasteiger partial charge in [-0.15, -0.1) is 0 Å². The summed E-state index contributed by atoms with van der Waals surface area (Å²) in [6.07, 6.45) is 3.51. The Labute approximate surface area is 88.3 Å². The highest BCUT2D eigenvalue weighted by Gasteiger charge is 2.28. The van der Waals surface area contributed by atoms with Gasteiger partial charge in [0, 0.05) is 6.42 Å². The van der Waals surface area contributed by atoms with Crippen LogP contribution < -0.4 is 0 Å². The third-order valence-electron chi connectivity index (χ3n) is 3.17. The molecule has 0 saturated heterocycles. The fraction of sp³-hybridized carbons (Fsp3) is 1.00. The second-order valence-electron chi connectivity index (χ2n) is 4.56. The normalized spacial score (nSPS) is 20.1. The van der Waals surface area contributed by atoms with Crippen LogP contribution in [0.4, 0.5) is 0 Å². The highest BCUT2D eigenvalue weighted by Crippen LogP contribution is 2.27. The molecule has 0 aliphatic carbocycles. The average molecular weight is 202 g/mol. The number of aliphatic hydroxyl groups is 2. The van der Waals surface area contributed by atoms with Crippen LogP contribution in [0.3, 0.4) is 0 Å². The standard InChI is InChI=1S/C12H26O2/c1-5-10(4)8-12(14,7-3)9-11(13)6-2/h10-11,13-14H,5-9H2,1-4H3. The van der Waals surface area contributed by atoms with E-state index < -0.39 is 5.60 Å². The maximum atomic E-state index is 10.3. The Bertz CT molecular complexity index is 133. The summed E-state index contributed by atoms with van der Waals surface area (Å²) >= 11 is 0. The minimum absolute atomic E-state index is 0.357. The second-order valence-corrected chi connectivity index (χ2v) is 4.56. The predicted octanol–water partition coefficient (Wildman–Crippen LogP) is 2.72. The summed E-state index contributed by atoms with van der Waals surface area (Å²) < 4.78 is 0. The van der Waals surface area contributed by atoms with E-state index in [0.29, 0.717) is 12.3 Å². The highest BCUT2D eigenvalue weighted by molar-refractivity contribution is 4.81. The minimum Gasteiger partial charge on any atom is -0.393 e. The molecule has 86 valence electrons. The monoisotopic (exact) mass is 202 g/mol. The Morgan fingerprint density at radius 1 is 1.07 bits per heavy atom. The lowest BCUT2D eigenvalue weighted by atomic mass is 9.83. The van der Waals surface area contributed by atoms with Crippen LogP contribution in [0.25, 0.3) is 0 Å². The lowest BCUT2D eigenvalue weighted by molar-refractivity contribution is -0.0310. The van der Waals surface area contributed by atoms with Crippen molar-refractivity contribution < 1.29 is 10.2 Å². The molecule has 2 N–H and O–H groups in total. The highest BCUT2D eigenvalue weighted by atomic mass is 16.3. The molecule has 2 nitrogen and oxygen atoms in total. The molecule has 0 saturated carbocycles. The number of rotatable bonds is 7. The zero-order valence-electron chi connectivity index (χ0n) is 10.1. The minimum atomic E-state index is -0.662. The maximum Gasteiger partial charge on any atom is 0.0672 e. The van der Waals surface area contributed by atoms with Crippen molar-refractivity contribution in [2.75, 3.05) is 0 Å². The Morgan fingerprint density at radius 3 is 2.00 bits per heavy atom. The summed E-state index contributed by atoms with van der Waals surface area (Å²) in [7, 11) is 0. The van der Waals surface area contributed by atoms with E-state index in [4.69, 9.17) is 0 Å². The van der Waals surface area contributed by atoms with E-state index in [-0.39, 0.29) is 6.10 Å². The van der Waals surface area contributed by atoms with E-state index in [1.807, 2.05) is 13.8 Å². The van der Waals surface area contributed by atoms with E-state index in [1.54, 1.807) is 0 Å². The van der Waals surface area contributed by atoms with Gasteiger partial charge in [-0.05, 0) is 25.2 Å². The summed E-state index contributed by atoms with van der Waals surface area (Å²) in [6.45, 7) is 8.23. The first kappa shape index (κ1) is 13.9. The van der Waals surface area contributed by atoms with Gasteiger partial charge in [-0.2, -0.15) is 0 Å². The molecule has 0 bridgehead atoms. The molecule has 0 aliphatic rings. The molecule has 0 aromatic carbocycles. The quantitative estimate of drug-likeness (QED) is 0.666. The van der Waals surface area contributed by atoms with Crippen molar-refractivity contribution in [1.82, 2.24) is 0 Å². The summed E-state index contributed by atoms with van der Waals surface area (Å²) in [6, 6.07) is 0. The first-order valence-corrected chi connectivity index (χ1v) is 5.87. The maximum absolute atomic E-state index is 10.3. The summed E-state index contributed by atoms with van der Waals surface area (Å²) in [5.41, 5.74) is -0.662. The largest absolute Gasteiger partial charge is 0.393 e. The van der Waals surface area contributed by atoms with Gasteiger partial charge in [0.05, 0.1) is 11.7 Å². The molecule has 0 spiro atoms. The Morgan fingerprint density at radius 2 is 1.64 bits per heavy atom. The van der Waals surface area contributed by atoms with Crippen LogP contribution in [0.15, 0.2) is 0 Å². The third-order valence-corrected chi connectivity index (χ3v) is 3.17. The lowest BCUT2D eigenvalue weighted by Crippen LogP contribution is -2.34. The SMILES string of the molecule is CCC(C)CC(O)(CC)CC(O)CC. The zero-order chi connectivity index (χ0) is 11.2. The Hall–Kier alpha value is -0.0800. The Kier molecular flexibility index (Phi) is 6.38. The number of hydrogen-bond donors (Lipinski definition) is 2. The van der Waals surface area contributed by atoms with Crippen LogP contribution in [0.1, 0.15) is 59.8 Å². The van der Waals surface area contributed by atoms with Gasteiger partial charge >= 0.3 is 0 Å². The van der Waals surface area contributed by atoms with Gasteiger partial charge in [0.25, 0.3) is 0 Å². The molecule has 0 radical (unpaired) electrons. The molecule has 14 heavy (non-hydrogen) atoms. The summed E-state index contributed by atoms with van der Waals surface area (Å²) in [5, 5.41) is 19.8. The molecular weight excluding hydrogens is 176 g/mol. The van der Waals surface area contributed by atoms with Crippen molar-refractivity contribution in [2.24, 2.45) is 5.92 Å². The van der Waals surface area contributed by atoms with Crippen LogP contribution in [0, 0.1) is 5.92 Å². The molecule has 0 heterocycles. The molecule has 2 heteroatoms. The van der Waals surface area contributed by atoms with Crippen molar-refractivity contribution in [3.8, 4) is 0 Å². The van der Waals surface area contributed by atoms with Gasteiger partial charge in [0.1, 0.15) is 0 Å².